The number of nitrogens with one attached hydrogen (secondary N) is 3. The fourth-order valence-electron chi connectivity index (χ4n) is 3.48. The highest BCUT2D eigenvalue weighted by Gasteiger charge is 2.22. The molecular formula is C21H16N6O2. The number of aromatic nitrogens is 3. The number of aryl methyl sites for hydroxylation is 1. The van der Waals surface area contributed by atoms with Crippen LogP contribution in [0, 0.1) is 5.41 Å². The molecule has 0 saturated heterocycles. The molecule has 4 aromatic rings. The smallest absolute Gasteiger partial charge is 0.294 e. The lowest BCUT2D eigenvalue weighted by molar-refractivity contribution is 0.0999. The second-order valence-electron chi connectivity index (χ2n) is 6.70. The van der Waals surface area contributed by atoms with Gasteiger partial charge in [-0.2, -0.15) is 0 Å². The average molecular weight is 384 g/mol. The van der Waals surface area contributed by atoms with Gasteiger partial charge in [-0.3, -0.25) is 9.78 Å². The van der Waals surface area contributed by atoms with Gasteiger partial charge >= 0.3 is 0 Å². The molecule has 3 heterocycles. The summed E-state index contributed by atoms with van der Waals surface area (Å²) in [6, 6.07) is 9.27. The van der Waals surface area contributed by atoms with Gasteiger partial charge in [-0.15, -0.1) is 0 Å². The van der Waals surface area contributed by atoms with Gasteiger partial charge in [0, 0.05) is 29.2 Å². The van der Waals surface area contributed by atoms with Crippen molar-refractivity contribution in [2.45, 2.75) is 12.8 Å². The highest BCUT2D eigenvalue weighted by atomic mass is 16.3. The van der Waals surface area contributed by atoms with E-state index in [4.69, 9.17) is 9.83 Å². The molecule has 29 heavy (non-hydrogen) atoms. The van der Waals surface area contributed by atoms with Crippen LogP contribution in [0.4, 0.5) is 17.2 Å². The second kappa shape index (κ2) is 6.83. The van der Waals surface area contributed by atoms with E-state index >= 15 is 0 Å². The summed E-state index contributed by atoms with van der Waals surface area (Å²) in [5, 5.41) is 14.8. The second-order valence-corrected chi connectivity index (χ2v) is 6.70. The van der Waals surface area contributed by atoms with Gasteiger partial charge < -0.3 is 20.5 Å². The van der Waals surface area contributed by atoms with Crippen molar-refractivity contribution in [1.82, 2.24) is 15.0 Å². The molecule has 0 fully saturated rings. The molecule has 0 saturated carbocycles. The molecule has 0 atom stereocenters. The molecule has 5 rings (SSSR count). The highest BCUT2D eigenvalue weighted by Crippen LogP contribution is 2.34. The van der Waals surface area contributed by atoms with E-state index in [1.807, 2.05) is 18.2 Å². The lowest BCUT2D eigenvalue weighted by atomic mass is 10.1. The zero-order chi connectivity index (χ0) is 19.8. The first kappa shape index (κ1) is 17.1. The van der Waals surface area contributed by atoms with Crippen molar-refractivity contribution in [2.24, 2.45) is 0 Å². The third-order valence-electron chi connectivity index (χ3n) is 4.87. The van der Waals surface area contributed by atoms with Crippen molar-refractivity contribution in [3.8, 4) is 0 Å². The van der Waals surface area contributed by atoms with Crippen LogP contribution in [0.15, 0.2) is 59.7 Å². The van der Waals surface area contributed by atoms with Crippen molar-refractivity contribution in [2.75, 3.05) is 10.6 Å². The summed E-state index contributed by atoms with van der Waals surface area (Å²) in [7, 11) is 0. The molecule has 142 valence electrons. The molecular weight excluding hydrogens is 368 g/mol. The SMILES string of the molecule is N=C1CCc2cc(Nc3c(C(=O)Nc4ccncn4)oc4cnccc34)ccc21. The Balaban J connectivity index is 1.53. The number of nitrogens with zero attached hydrogens (tertiary/aromatic N) is 3. The van der Waals surface area contributed by atoms with E-state index in [0.717, 1.165) is 35.0 Å². The van der Waals surface area contributed by atoms with Crippen LogP contribution in [0.2, 0.25) is 0 Å². The van der Waals surface area contributed by atoms with Crippen molar-refractivity contribution < 1.29 is 9.21 Å². The molecule has 3 aromatic heterocycles. The number of rotatable bonds is 4. The standard InChI is InChI=1S/C21H16N6O2/c22-16-4-1-12-9-13(2-3-14(12)16)26-19-15-5-7-23-10-17(15)29-20(19)21(28)27-18-6-8-24-11-25-18/h2-3,5-11,22,26H,1,4H2,(H,24,25,27,28). The number of pyridine rings is 1. The number of amides is 1. The van der Waals surface area contributed by atoms with E-state index < -0.39 is 5.91 Å². The largest absolute Gasteiger partial charge is 0.447 e. The number of furan rings is 1. The summed E-state index contributed by atoms with van der Waals surface area (Å²) < 4.78 is 5.80. The van der Waals surface area contributed by atoms with E-state index in [9.17, 15) is 4.79 Å². The minimum absolute atomic E-state index is 0.139. The number of carbonyl (C=O) groups excluding carboxylic acids is 1. The molecule has 0 radical (unpaired) electrons. The minimum Gasteiger partial charge on any atom is -0.447 e. The van der Waals surface area contributed by atoms with Crippen molar-refractivity contribution in [3.63, 3.8) is 0 Å². The Morgan fingerprint density at radius 1 is 1.10 bits per heavy atom. The minimum atomic E-state index is -0.426. The zero-order valence-corrected chi connectivity index (χ0v) is 15.3. The zero-order valence-electron chi connectivity index (χ0n) is 15.3. The fraction of sp³-hybridized carbons (Fsp3) is 0.0952. The normalized spacial score (nSPS) is 12.8. The molecule has 8 nitrogen and oxygen atoms in total. The van der Waals surface area contributed by atoms with Crippen molar-refractivity contribution in [3.05, 3.63) is 72.1 Å². The maximum absolute atomic E-state index is 12.9. The Kier molecular flexibility index (Phi) is 4.02. The van der Waals surface area contributed by atoms with Crippen LogP contribution in [0.1, 0.15) is 28.1 Å². The summed E-state index contributed by atoms with van der Waals surface area (Å²) in [6.07, 6.45) is 7.74. The lowest BCUT2D eigenvalue weighted by Gasteiger charge is -2.09. The van der Waals surface area contributed by atoms with Gasteiger partial charge in [0.15, 0.2) is 5.58 Å². The number of fused-ring (bicyclic) bond motifs is 2. The van der Waals surface area contributed by atoms with Crippen LogP contribution < -0.4 is 10.6 Å². The molecule has 0 spiro atoms. The Morgan fingerprint density at radius 3 is 2.86 bits per heavy atom. The van der Waals surface area contributed by atoms with Gasteiger partial charge in [0.2, 0.25) is 5.76 Å². The van der Waals surface area contributed by atoms with Crippen LogP contribution in [-0.2, 0) is 6.42 Å². The number of carbonyl (C=O) groups is 1. The molecule has 0 bridgehead atoms. The molecule has 1 aromatic carbocycles. The topological polar surface area (TPSA) is 117 Å². The summed E-state index contributed by atoms with van der Waals surface area (Å²) in [6.45, 7) is 0. The monoisotopic (exact) mass is 384 g/mol. The maximum Gasteiger partial charge on any atom is 0.294 e. The van der Waals surface area contributed by atoms with E-state index in [-0.39, 0.29) is 5.76 Å². The van der Waals surface area contributed by atoms with Gasteiger partial charge in [0.25, 0.3) is 5.91 Å². The fourth-order valence-corrected chi connectivity index (χ4v) is 3.48. The molecule has 8 heteroatoms. The molecule has 1 aliphatic rings. The number of hydrogen-bond acceptors (Lipinski definition) is 7. The number of benzene rings is 1. The molecule has 0 unspecified atom stereocenters. The third kappa shape index (κ3) is 3.10. The summed E-state index contributed by atoms with van der Waals surface area (Å²) in [5.41, 5.74) is 4.66. The number of hydrogen-bond donors (Lipinski definition) is 3. The molecule has 3 N–H and O–H groups in total. The first-order chi connectivity index (χ1) is 14.2. The molecule has 1 aliphatic carbocycles. The van der Waals surface area contributed by atoms with Gasteiger partial charge in [0.05, 0.1) is 11.9 Å². The first-order valence-corrected chi connectivity index (χ1v) is 9.10. The molecule has 0 aliphatic heterocycles. The maximum atomic E-state index is 12.9. The summed E-state index contributed by atoms with van der Waals surface area (Å²) >= 11 is 0. The number of anilines is 3. The van der Waals surface area contributed by atoms with E-state index in [2.05, 4.69) is 25.6 Å². The van der Waals surface area contributed by atoms with Gasteiger partial charge in [0.1, 0.15) is 12.1 Å². The van der Waals surface area contributed by atoms with E-state index in [1.54, 1.807) is 30.7 Å². The third-order valence-corrected chi connectivity index (χ3v) is 4.87. The van der Waals surface area contributed by atoms with E-state index in [1.165, 1.54) is 6.33 Å². The van der Waals surface area contributed by atoms with Gasteiger partial charge in [-0.25, -0.2) is 9.97 Å². The summed E-state index contributed by atoms with van der Waals surface area (Å²) in [5.74, 6) is 0.0933. The average Bonchev–Trinajstić information content (AvgIpc) is 3.30. The van der Waals surface area contributed by atoms with Crippen LogP contribution in [0.25, 0.3) is 11.0 Å². The Hall–Kier alpha value is -4.07. The van der Waals surface area contributed by atoms with Crippen molar-refractivity contribution >= 4 is 39.8 Å². The van der Waals surface area contributed by atoms with Crippen LogP contribution in [-0.4, -0.2) is 26.6 Å². The Morgan fingerprint density at radius 2 is 2.00 bits per heavy atom. The highest BCUT2D eigenvalue weighted by molar-refractivity contribution is 6.12. The first-order valence-electron chi connectivity index (χ1n) is 9.10. The lowest BCUT2D eigenvalue weighted by Crippen LogP contribution is -2.13. The van der Waals surface area contributed by atoms with Crippen LogP contribution in [0.3, 0.4) is 0 Å². The molecule has 1 amide bonds. The van der Waals surface area contributed by atoms with Gasteiger partial charge in [-0.05, 0) is 48.2 Å². The Labute approximate surface area is 165 Å². The van der Waals surface area contributed by atoms with Crippen LogP contribution >= 0.6 is 0 Å². The summed E-state index contributed by atoms with van der Waals surface area (Å²) in [4.78, 5) is 24.8. The van der Waals surface area contributed by atoms with Crippen LogP contribution in [0.5, 0.6) is 0 Å². The Bertz CT molecular complexity index is 1250. The van der Waals surface area contributed by atoms with Gasteiger partial charge in [-0.1, -0.05) is 6.07 Å². The van der Waals surface area contributed by atoms with Crippen molar-refractivity contribution in [1.29, 1.82) is 5.41 Å². The predicted molar refractivity (Wildman–Crippen MR) is 109 cm³/mol. The van der Waals surface area contributed by atoms with E-state index in [0.29, 0.717) is 22.8 Å². The predicted octanol–water partition coefficient (Wildman–Crippen LogP) is 3.93. The quantitative estimate of drug-likeness (QED) is 0.491.